The summed E-state index contributed by atoms with van der Waals surface area (Å²) in [6, 6.07) is -0.542. The van der Waals surface area contributed by atoms with E-state index in [0.717, 1.165) is 51.4 Å². The van der Waals surface area contributed by atoms with Crippen LogP contribution in [0.5, 0.6) is 0 Å². The maximum atomic E-state index is 12.6. The van der Waals surface area contributed by atoms with Crippen molar-refractivity contribution in [3.63, 3.8) is 0 Å². The molecule has 0 fully saturated rings. The van der Waals surface area contributed by atoms with Gasteiger partial charge in [-0.25, -0.2) is 0 Å². The van der Waals surface area contributed by atoms with Crippen molar-refractivity contribution in [2.45, 2.75) is 437 Å². The maximum Gasteiger partial charge on any atom is 0.305 e. The fraction of sp³-hybridized carbons (Fsp3) is 0.921. The van der Waals surface area contributed by atoms with Crippen LogP contribution in [0.4, 0.5) is 0 Å². The first-order chi connectivity index (χ1) is 40.5. The number of amides is 1. The Morgan fingerprint density at radius 2 is 0.610 bits per heavy atom. The molecular formula is C76H147NO5. The molecule has 2 atom stereocenters. The Morgan fingerprint density at radius 1 is 0.341 bits per heavy atom. The highest BCUT2D eigenvalue weighted by molar-refractivity contribution is 5.76. The minimum atomic E-state index is -0.665. The Bertz CT molecular complexity index is 1280. The maximum absolute atomic E-state index is 12.6. The second-order valence-corrected chi connectivity index (χ2v) is 26.0. The smallest absolute Gasteiger partial charge is 0.305 e. The molecule has 0 saturated heterocycles. The summed E-state index contributed by atoms with van der Waals surface area (Å²) < 4.78 is 5.51. The first-order valence-electron chi connectivity index (χ1n) is 37.6. The molecule has 0 aliphatic rings. The average Bonchev–Trinajstić information content (AvgIpc) is 3.48. The molecule has 6 nitrogen and oxygen atoms in total. The fourth-order valence-corrected chi connectivity index (χ4v) is 12.0. The van der Waals surface area contributed by atoms with Crippen molar-refractivity contribution in [3.8, 4) is 0 Å². The molecule has 82 heavy (non-hydrogen) atoms. The number of allylic oxidation sites excluding steroid dienone is 4. The van der Waals surface area contributed by atoms with Crippen molar-refractivity contribution in [2.24, 2.45) is 0 Å². The van der Waals surface area contributed by atoms with E-state index in [0.29, 0.717) is 25.9 Å². The van der Waals surface area contributed by atoms with Crippen LogP contribution in [0, 0.1) is 0 Å². The van der Waals surface area contributed by atoms with Crippen molar-refractivity contribution >= 4 is 11.9 Å². The van der Waals surface area contributed by atoms with Gasteiger partial charge in [0, 0.05) is 12.8 Å². The van der Waals surface area contributed by atoms with Gasteiger partial charge in [0.2, 0.25) is 5.91 Å². The lowest BCUT2D eigenvalue weighted by molar-refractivity contribution is -0.143. The Hall–Kier alpha value is -1.66. The Morgan fingerprint density at radius 3 is 0.951 bits per heavy atom. The van der Waals surface area contributed by atoms with Crippen LogP contribution in [-0.2, 0) is 14.3 Å². The zero-order valence-corrected chi connectivity index (χ0v) is 55.8. The quantitative estimate of drug-likeness (QED) is 0.0320. The predicted octanol–water partition coefficient (Wildman–Crippen LogP) is 24.5. The van der Waals surface area contributed by atoms with Gasteiger partial charge in [0.15, 0.2) is 0 Å². The van der Waals surface area contributed by atoms with Gasteiger partial charge in [-0.05, 0) is 57.8 Å². The third-order valence-corrected chi connectivity index (χ3v) is 17.8. The highest BCUT2D eigenvalue weighted by Gasteiger charge is 2.20. The fourth-order valence-electron chi connectivity index (χ4n) is 12.0. The lowest BCUT2D eigenvalue weighted by Crippen LogP contribution is -2.45. The van der Waals surface area contributed by atoms with Gasteiger partial charge in [-0.3, -0.25) is 9.59 Å². The summed E-state index contributed by atoms with van der Waals surface area (Å²) in [5.74, 6) is -0.0159. The summed E-state index contributed by atoms with van der Waals surface area (Å²) in [5.41, 5.74) is 0. The second-order valence-electron chi connectivity index (χ2n) is 26.0. The first kappa shape index (κ1) is 80.3. The predicted molar refractivity (Wildman–Crippen MR) is 361 cm³/mol. The van der Waals surface area contributed by atoms with Gasteiger partial charge in [0.05, 0.1) is 25.4 Å². The topological polar surface area (TPSA) is 95.9 Å². The van der Waals surface area contributed by atoms with Crippen LogP contribution in [0.1, 0.15) is 425 Å². The number of aliphatic hydroxyl groups is 2. The molecule has 6 heteroatoms. The van der Waals surface area contributed by atoms with Crippen molar-refractivity contribution in [3.05, 3.63) is 24.3 Å². The number of esters is 1. The molecule has 3 N–H and O–H groups in total. The molecule has 0 aliphatic heterocycles. The van der Waals surface area contributed by atoms with E-state index < -0.39 is 12.1 Å². The molecule has 1 amide bonds. The lowest BCUT2D eigenvalue weighted by Gasteiger charge is -2.22. The van der Waals surface area contributed by atoms with Crippen LogP contribution in [0.3, 0.4) is 0 Å². The monoisotopic (exact) mass is 1150 g/mol. The van der Waals surface area contributed by atoms with Gasteiger partial charge in [0.25, 0.3) is 0 Å². The SMILES string of the molecule is CCCCC/C=C\C/C=C\CCCCCCCCCCCC(=O)OCCCCCCCCCCCCCCCCCCCCCCCCCCC(=O)NC(CO)C(O)CCCCCCCCCCCCCCCCCCCCCCCC. The number of carbonyl (C=O) groups is 2. The molecule has 0 rings (SSSR count). The minimum absolute atomic E-state index is 0.0129. The standard InChI is InChI=1S/C76H147NO5/c1-3-5-7-9-11-13-15-17-19-21-23-24-29-33-36-40-44-48-52-56-60-64-68-74(79)73(72-78)77-75(80)69-65-61-57-53-49-45-41-37-34-30-27-25-26-28-31-35-39-43-47-51-55-59-63-67-71-82-76(81)70-66-62-58-54-50-46-42-38-32-22-20-18-16-14-12-10-8-6-4-2/h12,14,18,20,73-74,78-79H,3-11,13,15-17,19,21-72H2,1-2H3,(H,77,80)/b14-12-,20-18-. The van der Waals surface area contributed by atoms with Crippen LogP contribution < -0.4 is 5.32 Å². The summed E-state index contributed by atoms with van der Waals surface area (Å²) in [7, 11) is 0. The lowest BCUT2D eigenvalue weighted by atomic mass is 10.0. The van der Waals surface area contributed by atoms with Crippen LogP contribution in [0.2, 0.25) is 0 Å². The number of aliphatic hydroxyl groups excluding tert-OH is 2. The molecule has 0 aliphatic carbocycles. The van der Waals surface area contributed by atoms with Crippen LogP contribution in [0.25, 0.3) is 0 Å². The van der Waals surface area contributed by atoms with Crippen LogP contribution >= 0.6 is 0 Å². The summed E-state index contributed by atoms with van der Waals surface area (Å²) in [4.78, 5) is 24.7. The normalized spacial score (nSPS) is 12.6. The molecule has 0 radical (unpaired) electrons. The molecule has 486 valence electrons. The third kappa shape index (κ3) is 67.5. The number of hydrogen-bond acceptors (Lipinski definition) is 5. The van der Waals surface area contributed by atoms with E-state index in [-0.39, 0.29) is 18.5 Å². The molecule has 2 unspecified atom stereocenters. The van der Waals surface area contributed by atoms with E-state index in [2.05, 4.69) is 43.5 Å². The van der Waals surface area contributed by atoms with Crippen LogP contribution in [-0.4, -0.2) is 47.4 Å². The van der Waals surface area contributed by atoms with E-state index in [1.54, 1.807) is 0 Å². The van der Waals surface area contributed by atoms with Crippen molar-refractivity contribution in [2.75, 3.05) is 13.2 Å². The van der Waals surface area contributed by atoms with Gasteiger partial charge in [0.1, 0.15) is 0 Å². The van der Waals surface area contributed by atoms with Crippen molar-refractivity contribution in [1.82, 2.24) is 5.32 Å². The molecule has 0 saturated carbocycles. The minimum Gasteiger partial charge on any atom is -0.466 e. The van der Waals surface area contributed by atoms with E-state index in [1.807, 2.05) is 0 Å². The van der Waals surface area contributed by atoms with Gasteiger partial charge < -0.3 is 20.3 Å². The molecule has 0 spiro atoms. The Kier molecular flexibility index (Phi) is 70.4. The van der Waals surface area contributed by atoms with Gasteiger partial charge >= 0.3 is 5.97 Å². The number of carbonyl (C=O) groups excluding carboxylic acids is 2. The highest BCUT2D eigenvalue weighted by atomic mass is 16.5. The van der Waals surface area contributed by atoms with Gasteiger partial charge in [-0.15, -0.1) is 0 Å². The molecule has 0 aromatic heterocycles. The Labute approximate surface area is 513 Å². The average molecular weight is 1160 g/mol. The second kappa shape index (κ2) is 71.8. The number of ether oxygens (including phenoxy) is 1. The van der Waals surface area contributed by atoms with E-state index in [4.69, 9.17) is 4.74 Å². The van der Waals surface area contributed by atoms with E-state index >= 15 is 0 Å². The molecule has 0 aromatic rings. The Balaban J connectivity index is 3.36. The summed E-state index contributed by atoms with van der Waals surface area (Å²) in [5, 5.41) is 23.5. The summed E-state index contributed by atoms with van der Waals surface area (Å²) in [6.07, 6.45) is 90.9. The zero-order valence-electron chi connectivity index (χ0n) is 55.8. The summed E-state index contributed by atoms with van der Waals surface area (Å²) in [6.45, 7) is 4.97. The van der Waals surface area contributed by atoms with Crippen molar-refractivity contribution < 1.29 is 24.5 Å². The molecule has 0 bridgehead atoms. The zero-order chi connectivity index (χ0) is 59.2. The van der Waals surface area contributed by atoms with E-state index in [1.165, 1.54) is 340 Å². The molecular weight excluding hydrogens is 1010 g/mol. The number of hydrogen-bond donors (Lipinski definition) is 3. The van der Waals surface area contributed by atoms with E-state index in [9.17, 15) is 19.8 Å². The highest BCUT2D eigenvalue weighted by Crippen LogP contribution is 2.20. The summed E-state index contributed by atoms with van der Waals surface area (Å²) >= 11 is 0. The van der Waals surface area contributed by atoms with Gasteiger partial charge in [-0.2, -0.15) is 0 Å². The number of rotatable bonds is 71. The first-order valence-corrected chi connectivity index (χ1v) is 37.6. The largest absolute Gasteiger partial charge is 0.466 e. The van der Waals surface area contributed by atoms with Gasteiger partial charge in [-0.1, -0.05) is 378 Å². The molecule has 0 aromatic carbocycles. The number of unbranched alkanes of at least 4 members (excludes halogenated alkanes) is 56. The third-order valence-electron chi connectivity index (χ3n) is 17.8. The molecule has 0 heterocycles. The van der Waals surface area contributed by atoms with Crippen LogP contribution in [0.15, 0.2) is 24.3 Å². The van der Waals surface area contributed by atoms with Crippen molar-refractivity contribution in [1.29, 1.82) is 0 Å². The number of nitrogens with one attached hydrogen (secondary N) is 1.